The average Bonchev–Trinajstić information content (AvgIpc) is 2.17. The lowest BCUT2D eigenvalue weighted by Crippen LogP contribution is -2.11. The average molecular weight is 209 g/mol. The van der Waals surface area contributed by atoms with Crippen LogP contribution in [-0.4, -0.2) is 27.7 Å². The Kier molecular flexibility index (Phi) is 4.49. The zero-order valence-corrected chi connectivity index (χ0v) is 9.57. The molecule has 1 rings (SSSR count). The minimum Gasteiger partial charge on any atom is -0.393 e. The molecule has 0 radical (unpaired) electrons. The summed E-state index contributed by atoms with van der Waals surface area (Å²) in [5, 5.41) is 12.3. The van der Waals surface area contributed by atoms with Crippen molar-refractivity contribution in [3.05, 3.63) is 18.1 Å². The van der Waals surface area contributed by atoms with E-state index < -0.39 is 0 Å². The Bertz CT molecular complexity index is 300. The van der Waals surface area contributed by atoms with Gasteiger partial charge in [-0.3, -0.25) is 0 Å². The fourth-order valence-electron chi connectivity index (χ4n) is 1.19. The maximum absolute atomic E-state index is 9.10. The molecule has 0 aliphatic rings. The predicted octanol–water partition coefficient (Wildman–Crippen LogP) is 1.78. The molecule has 1 aromatic rings. The Hall–Kier alpha value is -1.16. The van der Waals surface area contributed by atoms with Crippen molar-refractivity contribution in [1.29, 1.82) is 0 Å². The number of nitrogens with zero attached hydrogens (tertiary/aromatic N) is 2. The second kappa shape index (κ2) is 5.66. The Balaban J connectivity index is 2.50. The number of anilines is 1. The molecule has 0 aliphatic heterocycles. The second-order valence-electron chi connectivity index (χ2n) is 4.05. The van der Waals surface area contributed by atoms with Gasteiger partial charge in [0, 0.05) is 18.3 Å². The minimum atomic E-state index is -0.274. The van der Waals surface area contributed by atoms with Crippen molar-refractivity contribution < 1.29 is 5.11 Å². The van der Waals surface area contributed by atoms with Gasteiger partial charge in [0.05, 0.1) is 6.10 Å². The number of nitrogens with one attached hydrogen (secondary N) is 1. The highest BCUT2D eigenvalue weighted by atomic mass is 16.3. The van der Waals surface area contributed by atoms with Crippen molar-refractivity contribution in [2.75, 3.05) is 11.9 Å². The van der Waals surface area contributed by atoms with Gasteiger partial charge in [0.25, 0.3) is 0 Å². The first-order chi connectivity index (χ1) is 7.09. The molecular weight excluding hydrogens is 190 g/mol. The Morgan fingerprint density at radius 3 is 2.67 bits per heavy atom. The molecule has 0 saturated heterocycles. The molecule has 0 aliphatic carbocycles. The Morgan fingerprint density at radius 1 is 1.33 bits per heavy atom. The van der Waals surface area contributed by atoms with Gasteiger partial charge < -0.3 is 10.4 Å². The van der Waals surface area contributed by atoms with Crippen molar-refractivity contribution in [1.82, 2.24) is 9.97 Å². The standard InChI is InChI=1S/C11H19N3O/c1-8(2)10-6-11(14-7-13-10)12-5-4-9(3)15/h6-9,15H,4-5H2,1-3H3,(H,12,13,14). The first-order valence-corrected chi connectivity index (χ1v) is 5.33. The van der Waals surface area contributed by atoms with Gasteiger partial charge in [-0.25, -0.2) is 9.97 Å². The van der Waals surface area contributed by atoms with Crippen molar-refractivity contribution in [3.63, 3.8) is 0 Å². The van der Waals surface area contributed by atoms with Gasteiger partial charge in [-0.15, -0.1) is 0 Å². The largest absolute Gasteiger partial charge is 0.393 e. The van der Waals surface area contributed by atoms with Crippen LogP contribution < -0.4 is 5.32 Å². The maximum Gasteiger partial charge on any atom is 0.129 e. The number of rotatable bonds is 5. The maximum atomic E-state index is 9.10. The molecule has 1 heterocycles. The molecule has 1 aromatic heterocycles. The molecule has 1 unspecified atom stereocenters. The SMILES string of the molecule is CC(O)CCNc1cc(C(C)C)ncn1. The highest BCUT2D eigenvalue weighted by Gasteiger charge is 2.02. The van der Waals surface area contributed by atoms with E-state index in [1.165, 1.54) is 0 Å². The summed E-state index contributed by atoms with van der Waals surface area (Å²) < 4.78 is 0. The summed E-state index contributed by atoms with van der Waals surface area (Å²) in [4.78, 5) is 8.30. The lowest BCUT2D eigenvalue weighted by atomic mass is 10.1. The van der Waals surface area contributed by atoms with Gasteiger partial charge in [-0.2, -0.15) is 0 Å². The first-order valence-electron chi connectivity index (χ1n) is 5.33. The third kappa shape index (κ3) is 4.25. The van der Waals surface area contributed by atoms with Crippen molar-refractivity contribution in [3.8, 4) is 0 Å². The molecule has 4 heteroatoms. The van der Waals surface area contributed by atoms with E-state index in [-0.39, 0.29) is 6.10 Å². The molecular formula is C11H19N3O. The molecule has 4 nitrogen and oxygen atoms in total. The van der Waals surface area contributed by atoms with Crippen LogP contribution in [0.2, 0.25) is 0 Å². The molecule has 15 heavy (non-hydrogen) atoms. The van der Waals surface area contributed by atoms with Gasteiger partial charge in [-0.05, 0) is 19.3 Å². The van der Waals surface area contributed by atoms with Gasteiger partial charge in [0.15, 0.2) is 0 Å². The third-order valence-electron chi connectivity index (χ3n) is 2.15. The van der Waals surface area contributed by atoms with Gasteiger partial charge in [0.1, 0.15) is 12.1 Å². The van der Waals surface area contributed by atoms with Crippen LogP contribution in [0.25, 0.3) is 0 Å². The van der Waals surface area contributed by atoms with E-state index in [0.29, 0.717) is 5.92 Å². The molecule has 0 bridgehead atoms. The zero-order valence-electron chi connectivity index (χ0n) is 9.57. The minimum absolute atomic E-state index is 0.274. The van der Waals surface area contributed by atoms with Gasteiger partial charge in [0.2, 0.25) is 0 Å². The number of hydrogen-bond acceptors (Lipinski definition) is 4. The molecule has 0 spiro atoms. The van der Waals surface area contributed by atoms with E-state index in [0.717, 1.165) is 24.5 Å². The lowest BCUT2D eigenvalue weighted by molar-refractivity contribution is 0.188. The second-order valence-corrected chi connectivity index (χ2v) is 4.05. The summed E-state index contributed by atoms with van der Waals surface area (Å²) in [6.07, 6.45) is 2.02. The smallest absolute Gasteiger partial charge is 0.129 e. The van der Waals surface area contributed by atoms with Crippen molar-refractivity contribution in [2.45, 2.75) is 39.2 Å². The van der Waals surface area contributed by atoms with Crippen LogP contribution in [0.3, 0.4) is 0 Å². The monoisotopic (exact) mass is 209 g/mol. The zero-order chi connectivity index (χ0) is 11.3. The third-order valence-corrected chi connectivity index (χ3v) is 2.15. The van der Waals surface area contributed by atoms with E-state index in [1.54, 1.807) is 13.3 Å². The quantitative estimate of drug-likeness (QED) is 0.776. The summed E-state index contributed by atoms with van der Waals surface area (Å²) in [5.74, 6) is 1.24. The van der Waals surface area contributed by atoms with Crippen LogP contribution in [-0.2, 0) is 0 Å². The van der Waals surface area contributed by atoms with E-state index in [1.807, 2.05) is 6.07 Å². The number of hydrogen-bond donors (Lipinski definition) is 2. The molecule has 2 N–H and O–H groups in total. The fourth-order valence-corrected chi connectivity index (χ4v) is 1.19. The first kappa shape index (κ1) is 11.9. The summed E-state index contributed by atoms with van der Waals surface area (Å²) in [6.45, 7) is 6.71. The summed E-state index contributed by atoms with van der Waals surface area (Å²) in [5.41, 5.74) is 1.03. The normalized spacial score (nSPS) is 12.9. The number of aliphatic hydroxyl groups is 1. The van der Waals surface area contributed by atoms with Crippen LogP contribution in [0.1, 0.15) is 38.8 Å². The number of aromatic nitrogens is 2. The molecule has 0 saturated carbocycles. The van der Waals surface area contributed by atoms with Crippen LogP contribution in [0, 0.1) is 0 Å². The van der Waals surface area contributed by atoms with Crippen LogP contribution >= 0.6 is 0 Å². The lowest BCUT2D eigenvalue weighted by Gasteiger charge is -2.09. The summed E-state index contributed by atoms with van der Waals surface area (Å²) in [6, 6.07) is 1.95. The molecule has 0 aromatic carbocycles. The number of aliphatic hydroxyl groups excluding tert-OH is 1. The van der Waals surface area contributed by atoms with E-state index in [9.17, 15) is 0 Å². The van der Waals surface area contributed by atoms with Crippen LogP contribution in [0.15, 0.2) is 12.4 Å². The van der Waals surface area contributed by atoms with E-state index in [2.05, 4.69) is 29.1 Å². The molecule has 84 valence electrons. The molecule has 0 fully saturated rings. The van der Waals surface area contributed by atoms with Gasteiger partial charge >= 0.3 is 0 Å². The molecule has 1 atom stereocenters. The van der Waals surface area contributed by atoms with Gasteiger partial charge in [-0.1, -0.05) is 13.8 Å². The highest BCUT2D eigenvalue weighted by Crippen LogP contribution is 2.13. The van der Waals surface area contributed by atoms with Crippen LogP contribution in [0.4, 0.5) is 5.82 Å². The summed E-state index contributed by atoms with van der Waals surface area (Å²) in [7, 11) is 0. The van der Waals surface area contributed by atoms with Crippen LogP contribution in [0.5, 0.6) is 0 Å². The summed E-state index contributed by atoms with van der Waals surface area (Å²) >= 11 is 0. The van der Waals surface area contributed by atoms with E-state index >= 15 is 0 Å². The predicted molar refractivity (Wildman–Crippen MR) is 60.9 cm³/mol. The van der Waals surface area contributed by atoms with Crippen molar-refractivity contribution in [2.24, 2.45) is 0 Å². The highest BCUT2D eigenvalue weighted by molar-refractivity contribution is 5.35. The van der Waals surface area contributed by atoms with E-state index in [4.69, 9.17) is 5.11 Å². The Morgan fingerprint density at radius 2 is 2.07 bits per heavy atom. The van der Waals surface area contributed by atoms with Crippen molar-refractivity contribution >= 4 is 5.82 Å². The fraction of sp³-hybridized carbons (Fsp3) is 0.636. The topological polar surface area (TPSA) is 58.0 Å². The molecule has 0 amide bonds. The Labute approximate surface area is 90.8 Å².